The van der Waals surface area contributed by atoms with E-state index in [1.807, 2.05) is 0 Å². The van der Waals surface area contributed by atoms with Crippen molar-refractivity contribution in [2.75, 3.05) is 13.1 Å². The Morgan fingerprint density at radius 3 is 2.71 bits per heavy atom. The van der Waals surface area contributed by atoms with Crippen molar-refractivity contribution in [3.8, 4) is 0 Å². The summed E-state index contributed by atoms with van der Waals surface area (Å²) in [5.74, 6) is 2.23. The number of rotatable bonds is 0. The molecule has 0 saturated carbocycles. The van der Waals surface area contributed by atoms with Crippen molar-refractivity contribution in [3.05, 3.63) is 11.6 Å². The zero-order valence-electron chi connectivity index (χ0n) is 9.17. The lowest BCUT2D eigenvalue weighted by Crippen LogP contribution is -2.22. The van der Waals surface area contributed by atoms with Crippen LogP contribution in [0.15, 0.2) is 0 Å². The van der Waals surface area contributed by atoms with Crippen molar-refractivity contribution < 1.29 is 0 Å². The molecule has 4 nitrogen and oxygen atoms in total. The van der Waals surface area contributed by atoms with Crippen molar-refractivity contribution in [3.63, 3.8) is 0 Å². The lowest BCUT2D eigenvalue weighted by molar-refractivity contribution is 0.493. The SMILES string of the molecule is CC(C)(C)c1nnc2n1CCNCC2. The third-order valence-corrected chi connectivity index (χ3v) is 2.54. The van der Waals surface area contributed by atoms with Gasteiger partial charge in [-0.3, -0.25) is 0 Å². The average Bonchev–Trinajstić information content (AvgIpc) is 2.36. The van der Waals surface area contributed by atoms with Crippen LogP contribution in [0, 0.1) is 0 Å². The van der Waals surface area contributed by atoms with Crippen LogP contribution in [-0.2, 0) is 18.4 Å². The maximum Gasteiger partial charge on any atom is 0.138 e. The number of hydrogen-bond acceptors (Lipinski definition) is 3. The van der Waals surface area contributed by atoms with E-state index in [1.54, 1.807) is 0 Å². The quantitative estimate of drug-likeness (QED) is 0.662. The second-order valence-corrected chi connectivity index (χ2v) is 4.84. The predicted octanol–water partition coefficient (Wildman–Crippen LogP) is 0.721. The summed E-state index contributed by atoms with van der Waals surface area (Å²) in [6.07, 6.45) is 0.989. The van der Waals surface area contributed by atoms with E-state index in [1.165, 1.54) is 0 Å². The molecule has 0 unspecified atom stereocenters. The first-order chi connectivity index (χ1) is 6.59. The third-order valence-electron chi connectivity index (χ3n) is 2.54. The van der Waals surface area contributed by atoms with Gasteiger partial charge in [0.1, 0.15) is 11.6 Å². The topological polar surface area (TPSA) is 42.7 Å². The highest BCUT2D eigenvalue weighted by atomic mass is 15.3. The van der Waals surface area contributed by atoms with Crippen LogP contribution in [0.1, 0.15) is 32.4 Å². The summed E-state index contributed by atoms with van der Waals surface area (Å²) in [5, 5.41) is 11.9. The lowest BCUT2D eigenvalue weighted by atomic mass is 9.95. The number of nitrogens with zero attached hydrogens (tertiary/aromatic N) is 3. The third kappa shape index (κ3) is 1.66. The van der Waals surface area contributed by atoms with Crippen molar-refractivity contribution in [2.45, 2.75) is 39.2 Å². The van der Waals surface area contributed by atoms with Gasteiger partial charge in [-0.2, -0.15) is 0 Å². The molecule has 0 radical (unpaired) electrons. The number of fused-ring (bicyclic) bond motifs is 1. The Morgan fingerprint density at radius 1 is 1.21 bits per heavy atom. The Kier molecular flexibility index (Phi) is 2.31. The van der Waals surface area contributed by atoms with E-state index in [4.69, 9.17) is 0 Å². The van der Waals surface area contributed by atoms with Gasteiger partial charge in [0.05, 0.1) is 0 Å². The molecule has 0 atom stereocenters. The molecule has 0 bridgehead atoms. The van der Waals surface area contributed by atoms with E-state index < -0.39 is 0 Å². The van der Waals surface area contributed by atoms with Gasteiger partial charge >= 0.3 is 0 Å². The zero-order valence-corrected chi connectivity index (χ0v) is 9.17. The van der Waals surface area contributed by atoms with E-state index in [0.29, 0.717) is 0 Å². The number of aromatic nitrogens is 3. The minimum atomic E-state index is 0.0928. The molecule has 2 heterocycles. The Bertz CT molecular complexity index is 321. The molecule has 0 fully saturated rings. The van der Waals surface area contributed by atoms with E-state index >= 15 is 0 Å². The molecule has 0 spiro atoms. The molecule has 0 amide bonds. The summed E-state index contributed by atoms with van der Waals surface area (Å²) in [6, 6.07) is 0. The molecule has 0 saturated heterocycles. The fourth-order valence-corrected chi connectivity index (χ4v) is 1.83. The molecule has 1 aliphatic rings. The second kappa shape index (κ2) is 3.35. The van der Waals surface area contributed by atoms with Crippen LogP contribution < -0.4 is 5.32 Å². The van der Waals surface area contributed by atoms with E-state index in [9.17, 15) is 0 Å². The molecular formula is C10H18N4. The fourth-order valence-electron chi connectivity index (χ4n) is 1.83. The van der Waals surface area contributed by atoms with Gasteiger partial charge in [0, 0.05) is 31.5 Å². The lowest BCUT2D eigenvalue weighted by Gasteiger charge is -2.18. The van der Waals surface area contributed by atoms with Gasteiger partial charge in [0.25, 0.3) is 0 Å². The normalized spacial score (nSPS) is 17.6. The molecule has 14 heavy (non-hydrogen) atoms. The molecule has 1 aliphatic heterocycles. The van der Waals surface area contributed by atoms with Gasteiger partial charge < -0.3 is 9.88 Å². The standard InChI is InChI=1S/C10H18N4/c1-10(2,3)9-13-12-8-4-5-11-6-7-14(8)9/h11H,4-7H2,1-3H3. The zero-order chi connectivity index (χ0) is 10.2. The van der Waals surface area contributed by atoms with Crippen molar-refractivity contribution in [1.29, 1.82) is 0 Å². The largest absolute Gasteiger partial charge is 0.315 e. The monoisotopic (exact) mass is 194 g/mol. The van der Waals surface area contributed by atoms with Crippen LogP contribution in [0.4, 0.5) is 0 Å². The maximum absolute atomic E-state index is 4.30. The van der Waals surface area contributed by atoms with Gasteiger partial charge in [-0.05, 0) is 0 Å². The van der Waals surface area contributed by atoms with Crippen LogP contribution in [0.2, 0.25) is 0 Å². The Morgan fingerprint density at radius 2 is 2.00 bits per heavy atom. The van der Waals surface area contributed by atoms with E-state index in [0.717, 1.165) is 37.7 Å². The maximum atomic E-state index is 4.30. The molecule has 1 aromatic rings. The summed E-state index contributed by atoms with van der Waals surface area (Å²) in [7, 11) is 0. The molecule has 2 rings (SSSR count). The van der Waals surface area contributed by atoms with Gasteiger partial charge in [-0.15, -0.1) is 10.2 Å². The molecule has 0 aliphatic carbocycles. The summed E-state index contributed by atoms with van der Waals surface area (Å²) in [4.78, 5) is 0. The smallest absolute Gasteiger partial charge is 0.138 e. The van der Waals surface area contributed by atoms with Crippen LogP contribution in [-0.4, -0.2) is 27.9 Å². The Hall–Kier alpha value is -0.900. The number of hydrogen-bond donors (Lipinski definition) is 1. The first-order valence-corrected chi connectivity index (χ1v) is 5.22. The summed E-state index contributed by atoms with van der Waals surface area (Å²) in [5.41, 5.74) is 0.0928. The highest BCUT2D eigenvalue weighted by Gasteiger charge is 2.24. The molecule has 4 heteroatoms. The number of nitrogens with one attached hydrogen (secondary N) is 1. The Labute approximate surface area is 84.7 Å². The minimum Gasteiger partial charge on any atom is -0.315 e. The first kappa shape index (κ1) is 9.65. The minimum absolute atomic E-state index is 0.0928. The van der Waals surface area contributed by atoms with Crippen molar-refractivity contribution in [1.82, 2.24) is 20.1 Å². The molecule has 78 valence electrons. The highest BCUT2D eigenvalue weighted by molar-refractivity contribution is 5.07. The van der Waals surface area contributed by atoms with Crippen LogP contribution in [0.3, 0.4) is 0 Å². The highest BCUT2D eigenvalue weighted by Crippen LogP contribution is 2.21. The summed E-state index contributed by atoms with van der Waals surface area (Å²) >= 11 is 0. The molecule has 1 N–H and O–H groups in total. The van der Waals surface area contributed by atoms with Gasteiger partial charge in [-0.25, -0.2) is 0 Å². The second-order valence-electron chi connectivity index (χ2n) is 4.84. The van der Waals surface area contributed by atoms with Crippen LogP contribution in [0.5, 0.6) is 0 Å². The Balaban J connectivity index is 2.39. The van der Waals surface area contributed by atoms with Gasteiger partial charge in [0.15, 0.2) is 0 Å². The predicted molar refractivity (Wildman–Crippen MR) is 55.3 cm³/mol. The average molecular weight is 194 g/mol. The van der Waals surface area contributed by atoms with Gasteiger partial charge in [-0.1, -0.05) is 20.8 Å². The van der Waals surface area contributed by atoms with E-state index in [2.05, 4.69) is 40.9 Å². The molecule has 0 aromatic carbocycles. The first-order valence-electron chi connectivity index (χ1n) is 5.22. The molecule has 1 aromatic heterocycles. The molecular weight excluding hydrogens is 176 g/mol. The van der Waals surface area contributed by atoms with Crippen molar-refractivity contribution >= 4 is 0 Å². The van der Waals surface area contributed by atoms with Gasteiger partial charge in [0.2, 0.25) is 0 Å². The van der Waals surface area contributed by atoms with E-state index in [-0.39, 0.29) is 5.41 Å². The summed E-state index contributed by atoms with van der Waals surface area (Å²) < 4.78 is 2.26. The van der Waals surface area contributed by atoms with Crippen LogP contribution in [0.25, 0.3) is 0 Å². The van der Waals surface area contributed by atoms with Crippen LogP contribution >= 0.6 is 0 Å². The fraction of sp³-hybridized carbons (Fsp3) is 0.800. The van der Waals surface area contributed by atoms with Crippen molar-refractivity contribution in [2.24, 2.45) is 0 Å². The summed E-state index contributed by atoms with van der Waals surface area (Å²) in [6.45, 7) is 9.58.